The highest BCUT2D eigenvalue weighted by Gasteiger charge is 2.19. The number of thioether (sulfide) groups is 1. The Morgan fingerprint density at radius 3 is 2.63 bits per heavy atom. The summed E-state index contributed by atoms with van der Waals surface area (Å²) in [6.07, 6.45) is 0. The molecular weight excluding hydrogens is 303 g/mol. The van der Waals surface area contributed by atoms with E-state index in [0.717, 1.165) is 31.1 Å². The zero-order valence-electron chi connectivity index (χ0n) is 10.7. The number of halogens is 2. The number of nitrogens with zero attached hydrogens (tertiary/aromatic N) is 2. The van der Waals surface area contributed by atoms with E-state index in [-0.39, 0.29) is 5.91 Å². The number of likely N-dealkylation sites (N-methyl/N-ethyl adjacent to an activating group) is 1. The number of hydrogen-bond acceptors (Lipinski definition) is 3. The van der Waals surface area contributed by atoms with Gasteiger partial charge in [0.1, 0.15) is 0 Å². The molecular formula is C13H16Cl2N2OS. The number of hydrogen-bond donors (Lipinski definition) is 0. The summed E-state index contributed by atoms with van der Waals surface area (Å²) in [5.41, 5.74) is 0. The number of carbonyl (C=O) groups excluding carboxylic acids is 1. The van der Waals surface area contributed by atoms with Crippen molar-refractivity contribution in [3.63, 3.8) is 0 Å². The SMILES string of the molecule is CN1CCN(C(=O)CSc2cc(Cl)ccc2Cl)CC1. The molecule has 1 aromatic rings. The molecule has 0 bridgehead atoms. The molecule has 0 aliphatic carbocycles. The normalized spacial score (nSPS) is 16.7. The third-order valence-electron chi connectivity index (χ3n) is 3.10. The molecule has 0 atom stereocenters. The van der Waals surface area contributed by atoms with Gasteiger partial charge in [-0.15, -0.1) is 11.8 Å². The Kier molecular flexibility index (Phi) is 5.39. The van der Waals surface area contributed by atoms with Crippen molar-refractivity contribution in [3.05, 3.63) is 28.2 Å². The molecule has 104 valence electrons. The summed E-state index contributed by atoms with van der Waals surface area (Å²) in [5.74, 6) is 0.568. The molecule has 1 aliphatic rings. The van der Waals surface area contributed by atoms with Crippen LogP contribution in [0.1, 0.15) is 0 Å². The molecule has 0 radical (unpaired) electrons. The van der Waals surface area contributed by atoms with E-state index in [0.29, 0.717) is 15.8 Å². The van der Waals surface area contributed by atoms with Gasteiger partial charge in [0.25, 0.3) is 0 Å². The van der Waals surface area contributed by atoms with Gasteiger partial charge in [-0.3, -0.25) is 4.79 Å². The van der Waals surface area contributed by atoms with Gasteiger partial charge >= 0.3 is 0 Å². The van der Waals surface area contributed by atoms with Gasteiger partial charge in [0.2, 0.25) is 5.91 Å². The molecule has 0 spiro atoms. The summed E-state index contributed by atoms with van der Waals surface area (Å²) in [7, 11) is 2.07. The maximum Gasteiger partial charge on any atom is 0.233 e. The number of carbonyl (C=O) groups is 1. The monoisotopic (exact) mass is 318 g/mol. The fourth-order valence-corrected chi connectivity index (χ4v) is 3.27. The first-order valence-electron chi connectivity index (χ1n) is 6.10. The highest BCUT2D eigenvalue weighted by molar-refractivity contribution is 8.00. The van der Waals surface area contributed by atoms with Crippen molar-refractivity contribution >= 4 is 40.9 Å². The summed E-state index contributed by atoms with van der Waals surface area (Å²) in [6.45, 7) is 3.49. The quantitative estimate of drug-likeness (QED) is 0.801. The first kappa shape index (κ1) is 15.0. The predicted molar refractivity (Wildman–Crippen MR) is 81.3 cm³/mol. The minimum absolute atomic E-state index is 0.161. The minimum Gasteiger partial charge on any atom is -0.339 e. The lowest BCUT2D eigenvalue weighted by Crippen LogP contribution is -2.47. The van der Waals surface area contributed by atoms with Crippen molar-refractivity contribution < 1.29 is 4.79 Å². The molecule has 0 saturated carbocycles. The van der Waals surface area contributed by atoms with E-state index in [1.807, 2.05) is 4.90 Å². The van der Waals surface area contributed by atoms with Crippen LogP contribution >= 0.6 is 35.0 Å². The van der Waals surface area contributed by atoms with Crippen LogP contribution < -0.4 is 0 Å². The third kappa shape index (κ3) is 4.28. The Bertz CT molecular complexity index is 462. The predicted octanol–water partition coefficient (Wildman–Crippen LogP) is 2.86. The molecule has 1 aliphatic heterocycles. The number of rotatable bonds is 3. The standard InChI is InChI=1S/C13H16Cl2N2OS/c1-16-4-6-17(7-5-16)13(18)9-19-12-8-10(14)2-3-11(12)15/h2-3,8H,4-7,9H2,1H3. The van der Waals surface area contributed by atoms with Gasteiger partial charge in [-0.05, 0) is 25.2 Å². The Morgan fingerprint density at radius 2 is 1.95 bits per heavy atom. The van der Waals surface area contributed by atoms with Crippen LogP contribution in [0, 0.1) is 0 Å². The van der Waals surface area contributed by atoms with Gasteiger partial charge in [-0.2, -0.15) is 0 Å². The van der Waals surface area contributed by atoms with Crippen LogP contribution in [0.5, 0.6) is 0 Å². The molecule has 1 amide bonds. The summed E-state index contributed by atoms with van der Waals surface area (Å²) in [6, 6.07) is 5.30. The Morgan fingerprint density at radius 1 is 1.26 bits per heavy atom. The van der Waals surface area contributed by atoms with Crippen molar-refractivity contribution in [1.82, 2.24) is 9.80 Å². The van der Waals surface area contributed by atoms with Crippen LogP contribution in [0.4, 0.5) is 0 Å². The number of amides is 1. The van der Waals surface area contributed by atoms with Crippen molar-refractivity contribution in [2.75, 3.05) is 39.0 Å². The fourth-order valence-electron chi connectivity index (χ4n) is 1.87. The zero-order chi connectivity index (χ0) is 13.8. The van der Waals surface area contributed by atoms with Crippen molar-refractivity contribution in [1.29, 1.82) is 0 Å². The van der Waals surface area contributed by atoms with Crippen LogP contribution in [0.3, 0.4) is 0 Å². The summed E-state index contributed by atoms with van der Waals surface area (Å²) >= 11 is 13.4. The maximum atomic E-state index is 12.1. The molecule has 1 heterocycles. The second-order valence-electron chi connectivity index (χ2n) is 4.55. The van der Waals surface area contributed by atoms with E-state index in [1.165, 1.54) is 11.8 Å². The maximum absolute atomic E-state index is 12.1. The lowest BCUT2D eigenvalue weighted by atomic mass is 10.3. The second kappa shape index (κ2) is 6.84. The lowest BCUT2D eigenvalue weighted by Gasteiger charge is -2.32. The summed E-state index contributed by atoms with van der Waals surface area (Å²) < 4.78 is 0. The zero-order valence-corrected chi connectivity index (χ0v) is 13.1. The van der Waals surface area contributed by atoms with E-state index in [1.54, 1.807) is 18.2 Å². The largest absolute Gasteiger partial charge is 0.339 e. The van der Waals surface area contributed by atoms with Gasteiger partial charge in [0.15, 0.2) is 0 Å². The molecule has 19 heavy (non-hydrogen) atoms. The topological polar surface area (TPSA) is 23.6 Å². The molecule has 1 saturated heterocycles. The van der Waals surface area contributed by atoms with Gasteiger partial charge in [0, 0.05) is 36.1 Å². The fraction of sp³-hybridized carbons (Fsp3) is 0.462. The van der Waals surface area contributed by atoms with Gasteiger partial charge < -0.3 is 9.80 Å². The van der Waals surface area contributed by atoms with Gasteiger partial charge in [-0.25, -0.2) is 0 Å². The minimum atomic E-state index is 0.161. The van der Waals surface area contributed by atoms with Crippen molar-refractivity contribution in [3.8, 4) is 0 Å². The second-order valence-corrected chi connectivity index (χ2v) is 6.41. The smallest absolute Gasteiger partial charge is 0.233 e. The first-order valence-corrected chi connectivity index (χ1v) is 7.84. The van der Waals surface area contributed by atoms with Crippen LogP contribution in [0.25, 0.3) is 0 Å². The average molecular weight is 319 g/mol. The Balaban J connectivity index is 1.88. The summed E-state index contributed by atoms with van der Waals surface area (Å²) in [5, 5.41) is 1.28. The van der Waals surface area contributed by atoms with Crippen molar-refractivity contribution in [2.45, 2.75) is 4.90 Å². The van der Waals surface area contributed by atoms with E-state index in [4.69, 9.17) is 23.2 Å². The first-order chi connectivity index (χ1) is 9.06. The molecule has 0 unspecified atom stereocenters. The average Bonchev–Trinajstić information content (AvgIpc) is 2.40. The van der Waals surface area contributed by atoms with E-state index < -0.39 is 0 Å². The molecule has 6 heteroatoms. The molecule has 1 aromatic carbocycles. The van der Waals surface area contributed by atoms with Crippen molar-refractivity contribution in [2.24, 2.45) is 0 Å². The molecule has 0 aromatic heterocycles. The molecule has 1 fully saturated rings. The van der Waals surface area contributed by atoms with Gasteiger partial charge in [-0.1, -0.05) is 23.2 Å². The van der Waals surface area contributed by atoms with E-state index in [2.05, 4.69) is 11.9 Å². The van der Waals surface area contributed by atoms with Crippen LogP contribution in [0.2, 0.25) is 10.0 Å². The van der Waals surface area contributed by atoms with Gasteiger partial charge in [0.05, 0.1) is 10.8 Å². The summed E-state index contributed by atoms with van der Waals surface area (Å²) in [4.78, 5) is 17.1. The third-order valence-corrected chi connectivity index (χ3v) is 4.82. The molecule has 3 nitrogen and oxygen atoms in total. The highest BCUT2D eigenvalue weighted by atomic mass is 35.5. The molecule has 0 N–H and O–H groups in total. The number of piperazine rings is 1. The Hall–Kier alpha value is -0.420. The van der Waals surface area contributed by atoms with Crippen LogP contribution in [-0.2, 0) is 4.79 Å². The molecule has 2 rings (SSSR count). The number of benzene rings is 1. The van der Waals surface area contributed by atoms with E-state index in [9.17, 15) is 4.79 Å². The Labute approximate surface area is 127 Å². The highest BCUT2D eigenvalue weighted by Crippen LogP contribution is 2.30. The van der Waals surface area contributed by atoms with E-state index >= 15 is 0 Å². The van der Waals surface area contributed by atoms with Crippen LogP contribution in [-0.4, -0.2) is 54.7 Å². The van der Waals surface area contributed by atoms with Crippen LogP contribution in [0.15, 0.2) is 23.1 Å². The lowest BCUT2D eigenvalue weighted by molar-refractivity contribution is -0.129.